The van der Waals surface area contributed by atoms with Gasteiger partial charge in [0.25, 0.3) is 0 Å². The Morgan fingerprint density at radius 3 is 2.32 bits per heavy atom. The third-order valence-electron chi connectivity index (χ3n) is 5.37. The number of ether oxygens (including phenoxy) is 1. The number of thioether (sulfide) groups is 2. The molecule has 4 rings (SSSR count). The number of ketones is 1. The van der Waals surface area contributed by atoms with E-state index in [1.54, 1.807) is 11.8 Å². The van der Waals surface area contributed by atoms with Crippen LogP contribution in [0.25, 0.3) is 0 Å². The number of allylic oxidation sites excluding steroid dienone is 1. The Bertz CT molecular complexity index is 832. The van der Waals surface area contributed by atoms with Gasteiger partial charge in [0.2, 0.25) is 0 Å². The fourth-order valence-corrected chi connectivity index (χ4v) is 6.36. The molecule has 0 aliphatic carbocycles. The zero-order chi connectivity index (χ0) is 19.3. The molecule has 28 heavy (non-hydrogen) atoms. The summed E-state index contributed by atoms with van der Waals surface area (Å²) < 4.78 is 6.71. The summed E-state index contributed by atoms with van der Waals surface area (Å²) in [7, 11) is 0. The van der Waals surface area contributed by atoms with Crippen molar-refractivity contribution in [1.29, 1.82) is 0 Å². The molecule has 0 radical (unpaired) electrons. The molecule has 1 saturated heterocycles. The lowest BCUT2D eigenvalue weighted by Crippen LogP contribution is -2.44. The zero-order valence-corrected chi connectivity index (χ0v) is 17.7. The minimum Gasteiger partial charge on any atom is -0.379 e. The van der Waals surface area contributed by atoms with Crippen LogP contribution in [0, 0.1) is 0 Å². The van der Waals surface area contributed by atoms with Crippen LogP contribution < -0.4 is 0 Å². The molecule has 2 aromatic carbocycles. The number of hydrogen-bond acceptors (Lipinski definition) is 5. The van der Waals surface area contributed by atoms with E-state index in [0.717, 1.165) is 48.1 Å². The molecule has 0 amide bonds. The van der Waals surface area contributed by atoms with Crippen LogP contribution >= 0.6 is 23.5 Å². The van der Waals surface area contributed by atoms with Crippen molar-refractivity contribution in [3.8, 4) is 0 Å². The smallest absolute Gasteiger partial charge is 0.191 e. The first kappa shape index (κ1) is 19.8. The maximum Gasteiger partial charge on any atom is 0.191 e. The quantitative estimate of drug-likeness (QED) is 0.644. The van der Waals surface area contributed by atoms with Crippen molar-refractivity contribution in [2.24, 2.45) is 0 Å². The van der Waals surface area contributed by atoms with Crippen LogP contribution in [-0.4, -0.2) is 48.6 Å². The lowest BCUT2D eigenvalue weighted by Gasteiger charge is -2.40. The van der Waals surface area contributed by atoms with Crippen molar-refractivity contribution < 1.29 is 9.53 Å². The SMILES string of the molecule is CSC1=C(C(=O)c2ccccc2)C(c2ccccc2)CC(N2CCOCC2)S1. The Morgan fingerprint density at radius 2 is 1.68 bits per heavy atom. The summed E-state index contributed by atoms with van der Waals surface area (Å²) in [6.07, 6.45) is 3.04. The number of morpholine rings is 1. The predicted octanol–water partition coefficient (Wildman–Crippen LogP) is 5.02. The number of carbonyl (C=O) groups excluding carboxylic acids is 1. The number of nitrogens with zero attached hydrogens (tertiary/aromatic N) is 1. The molecule has 5 heteroatoms. The first-order valence-electron chi connectivity index (χ1n) is 9.69. The highest BCUT2D eigenvalue weighted by Gasteiger charge is 2.37. The van der Waals surface area contributed by atoms with E-state index >= 15 is 0 Å². The highest BCUT2D eigenvalue weighted by Crippen LogP contribution is 2.49. The summed E-state index contributed by atoms with van der Waals surface area (Å²) in [5.41, 5.74) is 2.96. The second-order valence-electron chi connectivity index (χ2n) is 7.02. The second-order valence-corrected chi connectivity index (χ2v) is 9.28. The maximum absolute atomic E-state index is 13.5. The molecular weight excluding hydrogens is 386 g/mol. The van der Waals surface area contributed by atoms with Gasteiger partial charge in [-0.25, -0.2) is 0 Å². The van der Waals surface area contributed by atoms with Gasteiger partial charge in [0.1, 0.15) is 0 Å². The van der Waals surface area contributed by atoms with Gasteiger partial charge in [0.15, 0.2) is 5.78 Å². The van der Waals surface area contributed by atoms with Crippen LogP contribution in [0.5, 0.6) is 0 Å². The van der Waals surface area contributed by atoms with E-state index in [1.807, 2.05) is 48.2 Å². The van der Waals surface area contributed by atoms with Gasteiger partial charge in [-0.15, -0.1) is 11.8 Å². The number of hydrogen-bond donors (Lipinski definition) is 0. The Kier molecular flexibility index (Phi) is 6.58. The molecule has 2 atom stereocenters. The molecule has 0 aromatic heterocycles. The molecule has 2 heterocycles. The number of Topliss-reactive ketones (excluding diaryl/α,β-unsaturated/α-hetero) is 1. The molecule has 146 valence electrons. The molecular formula is C23H25NO2S2. The van der Waals surface area contributed by atoms with Crippen molar-refractivity contribution >= 4 is 29.3 Å². The van der Waals surface area contributed by atoms with E-state index in [4.69, 9.17) is 4.74 Å². The van der Waals surface area contributed by atoms with E-state index < -0.39 is 0 Å². The summed E-state index contributed by atoms with van der Waals surface area (Å²) in [4.78, 5) is 16.0. The summed E-state index contributed by atoms with van der Waals surface area (Å²) in [5.74, 6) is 0.275. The van der Waals surface area contributed by atoms with Gasteiger partial charge in [0.05, 0.1) is 18.6 Å². The van der Waals surface area contributed by atoms with Crippen molar-refractivity contribution in [1.82, 2.24) is 4.90 Å². The first-order chi connectivity index (χ1) is 13.8. The molecule has 0 N–H and O–H groups in total. The van der Waals surface area contributed by atoms with Gasteiger partial charge in [-0.3, -0.25) is 9.69 Å². The second kappa shape index (κ2) is 9.31. The van der Waals surface area contributed by atoms with Crippen molar-refractivity contribution in [3.05, 3.63) is 81.6 Å². The highest BCUT2D eigenvalue weighted by molar-refractivity contribution is 8.22. The maximum atomic E-state index is 13.5. The van der Waals surface area contributed by atoms with Crippen LogP contribution in [0.4, 0.5) is 0 Å². The van der Waals surface area contributed by atoms with Crippen molar-refractivity contribution in [2.45, 2.75) is 17.7 Å². The van der Waals surface area contributed by atoms with Crippen LogP contribution in [0.3, 0.4) is 0 Å². The summed E-state index contributed by atoms with van der Waals surface area (Å²) >= 11 is 3.57. The number of carbonyl (C=O) groups is 1. The fraction of sp³-hybridized carbons (Fsp3) is 0.348. The summed E-state index contributed by atoms with van der Waals surface area (Å²) in [6, 6.07) is 20.2. The van der Waals surface area contributed by atoms with Gasteiger partial charge in [-0.2, -0.15) is 0 Å². The topological polar surface area (TPSA) is 29.5 Å². The van der Waals surface area contributed by atoms with Gasteiger partial charge < -0.3 is 4.74 Å². The van der Waals surface area contributed by atoms with Crippen LogP contribution in [0.15, 0.2) is 70.5 Å². The Balaban J connectivity index is 1.74. The number of rotatable bonds is 5. The summed E-state index contributed by atoms with van der Waals surface area (Å²) in [5, 5.41) is 0.379. The standard InChI is InChI=1S/C23H25NO2S2/c1-27-23-21(22(25)18-10-6-3-7-11-18)19(17-8-4-2-5-9-17)16-20(28-23)24-12-14-26-15-13-24/h2-11,19-20H,12-16H2,1H3. The van der Waals surface area contributed by atoms with E-state index in [2.05, 4.69) is 35.4 Å². The average Bonchev–Trinajstić information content (AvgIpc) is 2.79. The molecule has 0 spiro atoms. The van der Waals surface area contributed by atoms with E-state index in [9.17, 15) is 4.79 Å². The predicted molar refractivity (Wildman–Crippen MR) is 119 cm³/mol. The zero-order valence-electron chi connectivity index (χ0n) is 16.0. The molecule has 1 fully saturated rings. The van der Waals surface area contributed by atoms with E-state index in [0.29, 0.717) is 5.37 Å². The number of benzene rings is 2. The average molecular weight is 412 g/mol. The minimum absolute atomic E-state index is 0.116. The van der Waals surface area contributed by atoms with E-state index in [1.165, 1.54) is 5.56 Å². The fourth-order valence-electron chi connectivity index (χ4n) is 3.93. The third-order valence-corrected chi connectivity index (χ3v) is 7.95. The van der Waals surface area contributed by atoms with Crippen molar-refractivity contribution in [2.75, 3.05) is 32.6 Å². The molecule has 3 nitrogen and oxygen atoms in total. The molecule has 2 aromatic rings. The largest absolute Gasteiger partial charge is 0.379 e. The first-order valence-corrected chi connectivity index (χ1v) is 11.8. The molecule has 2 aliphatic heterocycles. The third kappa shape index (κ3) is 4.23. The Morgan fingerprint density at radius 1 is 1.04 bits per heavy atom. The van der Waals surface area contributed by atoms with Gasteiger partial charge in [-0.1, -0.05) is 72.4 Å². The van der Waals surface area contributed by atoms with Gasteiger partial charge in [-0.05, 0) is 18.2 Å². The molecule has 2 aliphatic rings. The lowest BCUT2D eigenvalue weighted by molar-refractivity contribution is 0.0306. The Labute approximate surface area is 175 Å². The van der Waals surface area contributed by atoms with Gasteiger partial charge >= 0.3 is 0 Å². The Hall–Kier alpha value is -1.53. The monoisotopic (exact) mass is 411 g/mol. The minimum atomic E-state index is 0.116. The summed E-state index contributed by atoms with van der Waals surface area (Å²) in [6.45, 7) is 3.51. The van der Waals surface area contributed by atoms with Crippen molar-refractivity contribution in [3.63, 3.8) is 0 Å². The van der Waals surface area contributed by atoms with Crippen LogP contribution in [0.1, 0.15) is 28.3 Å². The van der Waals surface area contributed by atoms with E-state index in [-0.39, 0.29) is 11.7 Å². The lowest BCUT2D eigenvalue weighted by atomic mass is 9.84. The van der Waals surface area contributed by atoms with Crippen LogP contribution in [-0.2, 0) is 4.74 Å². The molecule has 2 unspecified atom stereocenters. The van der Waals surface area contributed by atoms with Crippen LogP contribution in [0.2, 0.25) is 0 Å². The highest BCUT2D eigenvalue weighted by atomic mass is 32.2. The normalized spacial score (nSPS) is 23.6. The molecule has 0 bridgehead atoms. The molecule has 0 saturated carbocycles. The van der Waals surface area contributed by atoms with Gasteiger partial charge in [0, 0.05) is 34.4 Å².